The lowest BCUT2D eigenvalue weighted by Gasteiger charge is -2.39. The summed E-state index contributed by atoms with van der Waals surface area (Å²) in [6, 6.07) is 0.821. The summed E-state index contributed by atoms with van der Waals surface area (Å²) in [5.41, 5.74) is 0. The molecule has 3 rings (SSSR count). The van der Waals surface area contributed by atoms with Crippen molar-refractivity contribution in [2.24, 2.45) is 11.8 Å². The molecule has 0 aromatic rings. The lowest BCUT2D eigenvalue weighted by Crippen LogP contribution is -2.44. The van der Waals surface area contributed by atoms with Crippen LogP contribution in [0.15, 0.2) is 0 Å². The van der Waals surface area contributed by atoms with E-state index in [0.29, 0.717) is 6.10 Å². The molecule has 0 aromatic carbocycles. The van der Waals surface area contributed by atoms with Crippen LogP contribution in [0.25, 0.3) is 0 Å². The van der Waals surface area contributed by atoms with Gasteiger partial charge in [0, 0.05) is 12.6 Å². The number of rotatable bonds is 0. The van der Waals surface area contributed by atoms with E-state index in [-0.39, 0.29) is 0 Å². The largest absolute Gasteiger partial charge is 0.363 e. The van der Waals surface area contributed by atoms with Gasteiger partial charge in [0.05, 0.1) is 12.8 Å². The van der Waals surface area contributed by atoms with Crippen LogP contribution >= 0.6 is 0 Å². The summed E-state index contributed by atoms with van der Waals surface area (Å²) in [5.74, 6) is 1.70. The minimum Gasteiger partial charge on any atom is -0.363 e. The minimum absolute atomic E-state index is 0.578. The van der Waals surface area contributed by atoms with Gasteiger partial charge in [-0.15, -0.1) is 0 Å². The molecule has 0 bridgehead atoms. The standard InChI is InChI=1S/C14H25NO/c1-11-12-6-2-3-8-14(12)16-10-15-9-5-4-7-13(11)15/h11-14H,2-10H2,1H3/t11-,12+,13+,14-/m0/s1. The van der Waals surface area contributed by atoms with E-state index in [2.05, 4.69) is 11.8 Å². The second-order valence-electron chi connectivity index (χ2n) is 6.02. The summed E-state index contributed by atoms with van der Waals surface area (Å²) in [5, 5.41) is 0. The number of nitrogens with zero attached hydrogens (tertiary/aromatic N) is 1. The fraction of sp³-hybridized carbons (Fsp3) is 1.00. The summed E-state index contributed by atoms with van der Waals surface area (Å²) in [7, 11) is 0. The molecule has 0 N–H and O–H groups in total. The fourth-order valence-corrected chi connectivity index (χ4v) is 4.18. The average molecular weight is 223 g/mol. The Morgan fingerprint density at radius 3 is 2.75 bits per heavy atom. The summed E-state index contributed by atoms with van der Waals surface area (Å²) in [6.45, 7) is 4.67. The average Bonchev–Trinajstić information content (AvgIpc) is 2.49. The maximum Gasteiger partial charge on any atom is 0.0996 e. The topological polar surface area (TPSA) is 12.5 Å². The van der Waals surface area contributed by atoms with Crippen molar-refractivity contribution in [2.75, 3.05) is 13.3 Å². The quantitative estimate of drug-likeness (QED) is 0.626. The van der Waals surface area contributed by atoms with Gasteiger partial charge in [-0.1, -0.05) is 26.2 Å². The fourth-order valence-electron chi connectivity index (χ4n) is 4.18. The second-order valence-corrected chi connectivity index (χ2v) is 6.02. The highest BCUT2D eigenvalue weighted by Gasteiger charge is 2.40. The van der Waals surface area contributed by atoms with E-state index in [1.165, 1.54) is 51.5 Å². The number of hydrogen-bond acceptors (Lipinski definition) is 2. The first kappa shape index (κ1) is 11.0. The van der Waals surface area contributed by atoms with Gasteiger partial charge in [-0.25, -0.2) is 0 Å². The Morgan fingerprint density at radius 2 is 1.81 bits per heavy atom. The minimum atomic E-state index is 0.578. The lowest BCUT2D eigenvalue weighted by molar-refractivity contribution is -0.0466. The summed E-state index contributed by atoms with van der Waals surface area (Å²) in [6.07, 6.45) is 10.3. The molecule has 0 aromatic heterocycles. The Morgan fingerprint density at radius 1 is 1.00 bits per heavy atom. The molecule has 1 aliphatic carbocycles. The van der Waals surface area contributed by atoms with Crippen LogP contribution < -0.4 is 0 Å². The van der Waals surface area contributed by atoms with Gasteiger partial charge < -0.3 is 4.74 Å². The number of ether oxygens (including phenoxy) is 1. The molecule has 3 fully saturated rings. The van der Waals surface area contributed by atoms with Gasteiger partial charge in [-0.05, 0) is 37.5 Å². The molecular formula is C14H25NO. The van der Waals surface area contributed by atoms with E-state index in [1.54, 1.807) is 0 Å². The van der Waals surface area contributed by atoms with E-state index in [4.69, 9.17) is 4.74 Å². The highest BCUT2D eigenvalue weighted by Crippen LogP contribution is 2.39. The van der Waals surface area contributed by atoms with E-state index in [9.17, 15) is 0 Å². The molecule has 2 saturated heterocycles. The van der Waals surface area contributed by atoms with Crippen molar-refractivity contribution in [1.29, 1.82) is 0 Å². The predicted octanol–water partition coefficient (Wildman–Crippen LogP) is 3.02. The molecule has 92 valence electrons. The first-order valence-electron chi connectivity index (χ1n) is 7.22. The highest BCUT2D eigenvalue weighted by molar-refractivity contribution is 4.90. The van der Waals surface area contributed by atoms with Crippen molar-refractivity contribution in [2.45, 2.75) is 64.0 Å². The Bertz CT molecular complexity index is 219. The van der Waals surface area contributed by atoms with Crippen LogP contribution in [0.5, 0.6) is 0 Å². The van der Waals surface area contributed by atoms with Crippen LogP contribution in [-0.2, 0) is 4.74 Å². The zero-order valence-electron chi connectivity index (χ0n) is 10.5. The molecule has 4 atom stereocenters. The van der Waals surface area contributed by atoms with Crippen LogP contribution in [0, 0.1) is 11.8 Å². The molecule has 3 aliphatic rings. The molecule has 2 heterocycles. The van der Waals surface area contributed by atoms with Crippen LogP contribution in [0.1, 0.15) is 51.9 Å². The second kappa shape index (κ2) is 4.66. The smallest absolute Gasteiger partial charge is 0.0996 e. The SMILES string of the molecule is C[C@H]1[C@H]2CCCC[C@@H]2OCN2CCCC[C@H]12. The Labute approximate surface area is 99.3 Å². The molecule has 16 heavy (non-hydrogen) atoms. The molecule has 0 radical (unpaired) electrons. The highest BCUT2D eigenvalue weighted by atomic mass is 16.5. The number of piperidine rings is 1. The molecule has 0 unspecified atom stereocenters. The van der Waals surface area contributed by atoms with Crippen molar-refractivity contribution in [3.8, 4) is 0 Å². The van der Waals surface area contributed by atoms with Gasteiger partial charge in [-0.2, -0.15) is 0 Å². The molecule has 0 amide bonds. The summed E-state index contributed by atoms with van der Waals surface area (Å²) >= 11 is 0. The van der Waals surface area contributed by atoms with Gasteiger partial charge in [-0.3, -0.25) is 4.90 Å². The molecule has 2 nitrogen and oxygen atoms in total. The normalized spacial score (nSPS) is 45.6. The van der Waals surface area contributed by atoms with Gasteiger partial charge in [0.25, 0.3) is 0 Å². The molecule has 0 spiro atoms. The van der Waals surface area contributed by atoms with Crippen LogP contribution in [0.4, 0.5) is 0 Å². The number of fused-ring (bicyclic) bond motifs is 2. The van der Waals surface area contributed by atoms with Gasteiger partial charge in [0.15, 0.2) is 0 Å². The zero-order valence-corrected chi connectivity index (χ0v) is 10.5. The monoisotopic (exact) mass is 223 g/mol. The van der Waals surface area contributed by atoms with Gasteiger partial charge >= 0.3 is 0 Å². The third-order valence-corrected chi connectivity index (χ3v) is 5.15. The zero-order chi connectivity index (χ0) is 11.0. The van der Waals surface area contributed by atoms with Crippen molar-refractivity contribution in [1.82, 2.24) is 4.90 Å². The summed E-state index contributed by atoms with van der Waals surface area (Å²) < 4.78 is 6.17. The first-order valence-corrected chi connectivity index (χ1v) is 7.22. The van der Waals surface area contributed by atoms with Crippen LogP contribution in [0.3, 0.4) is 0 Å². The van der Waals surface area contributed by atoms with E-state index in [0.717, 1.165) is 24.6 Å². The first-order chi connectivity index (χ1) is 7.86. The van der Waals surface area contributed by atoms with E-state index < -0.39 is 0 Å². The lowest BCUT2D eigenvalue weighted by atomic mass is 9.74. The molecule has 2 aliphatic heterocycles. The maximum absolute atomic E-state index is 6.17. The van der Waals surface area contributed by atoms with Crippen LogP contribution in [0.2, 0.25) is 0 Å². The van der Waals surface area contributed by atoms with E-state index >= 15 is 0 Å². The summed E-state index contributed by atoms with van der Waals surface area (Å²) in [4.78, 5) is 2.62. The third-order valence-electron chi connectivity index (χ3n) is 5.15. The molecule has 1 saturated carbocycles. The molecular weight excluding hydrogens is 198 g/mol. The van der Waals surface area contributed by atoms with Gasteiger partial charge in [0.2, 0.25) is 0 Å². The van der Waals surface area contributed by atoms with Crippen molar-refractivity contribution in [3.05, 3.63) is 0 Å². The Balaban J connectivity index is 1.78. The van der Waals surface area contributed by atoms with Gasteiger partial charge in [0.1, 0.15) is 0 Å². The Kier molecular flexibility index (Phi) is 3.21. The van der Waals surface area contributed by atoms with E-state index in [1.807, 2.05) is 0 Å². The third kappa shape index (κ3) is 1.91. The van der Waals surface area contributed by atoms with Crippen LogP contribution in [-0.4, -0.2) is 30.3 Å². The Hall–Kier alpha value is -0.0800. The van der Waals surface area contributed by atoms with Crippen molar-refractivity contribution in [3.63, 3.8) is 0 Å². The van der Waals surface area contributed by atoms with Crippen molar-refractivity contribution < 1.29 is 4.74 Å². The molecule has 2 heteroatoms. The predicted molar refractivity (Wildman–Crippen MR) is 65.2 cm³/mol. The number of hydrogen-bond donors (Lipinski definition) is 0. The maximum atomic E-state index is 6.17. The van der Waals surface area contributed by atoms with Crippen molar-refractivity contribution >= 4 is 0 Å².